The zero-order valence-corrected chi connectivity index (χ0v) is 15.3. The van der Waals surface area contributed by atoms with Crippen molar-refractivity contribution in [1.82, 2.24) is 0 Å². The normalized spacial score (nSPS) is 35.4. The second-order valence-electron chi connectivity index (χ2n) is 7.32. The molecule has 5 nitrogen and oxygen atoms in total. The standard InChI is InChI=1S/C20H30O5/c1-5-19(21)23-15-7-9-17(13(3)11-15)25-18-10-8-16(12-14(18)4)24-20(22)6-2/h5-6,13-18H,1-2,7-12H2,3-4H3. The molecule has 0 N–H and O–H groups in total. The molecule has 2 rings (SSSR count). The molecule has 2 saturated carbocycles. The van der Waals surface area contributed by atoms with E-state index in [0.717, 1.165) is 38.5 Å². The van der Waals surface area contributed by atoms with Gasteiger partial charge in [0.15, 0.2) is 0 Å². The van der Waals surface area contributed by atoms with E-state index in [0.29, 0.717) is 11.8 Å². The fourth-order valence-electron chi connectivity index (χ4n) is 3.91. The number of rotatable bonds is 6. The first-order chi connectivity index (χ1) is 11.9. The molecule has 140 valence electrons. The van der Waals surface area contributed by atoms with Crippen LogP contribution in [0.5, 0.6) is 0 Å². The second-order valence-corrected chi connectivity index (χ2v) is 7.32. The first-order valence-corrected chi connectivity index (χ1v) is 9.24. The molecule has 0 aliphatic heterocycles. The van der Waals surface area contributed by atoms with Crippen molar-refractivity contribution in [3.05, 3.63) is 25.3 Å². The molecular formula is C20H30O5. The largest absolute Gasteiger partial charge is 0.459 e. The van der Waals surface area contributed by atoms with Crippen molar-refractivity contribution in [2.45, 2.75) is 76.8 Å². The van der Waals surface area contributed by atoms with Crippen LogP contribution in [0, 0.1) is 11.8 Å². The minimum absolute atomic E-state index is 0.0353. The molecule has 6 atom stereocenters. The zero-order chi connectivity index (χ0) is 18.4. The molecule has 0 saturated heterocycles. The van der Waals surface area contributed by atoms with Crippen LogP contribution in [0.15, 0.2) is 25.3 Å². The van der Waals surface area contributed by atoms with E-state index in [-0.39, 0.29) is 36.4 Å². The van der Waals surface area contributed by atoms with Crippen molar-refractivity contribution < 1.29 is 23.8 Å². The van der Waals surface area contributed by atoms with Gasteiger partial charge in [-0.2, -0.15) is 0 Å². The number of hydrogen-bond acceptors (Lipinski definition) is 5. The lowest BCUT2D eigenvalue weighted by atomic mass is 9.83. The number of carbonyl (C=O) groups is 2. The van der Waals surface area contributed by atoms with Crippen LogP contribution < -0.4 is 0 Å². The summed E-state index contributed by atoms with van der Waals surface area (Å²) >= 11 is 0. The molecule has 2 aliphatic rings. The lowest BCUT2D eigenvalue weighted by Crippen LogP contribution is -2.41. The summed E-state index contributed by atoms with van der Waals surface area (Å²) in [5.41, 5.74) is 0. The zero-order valence-electron chi connectivity index (χ0n) is 15.3. The van der Waals surface area contributed by atoms with Crippen LogP contribution in [0.4, 0.5) is 0 Å². The Morgan fingerprint density at radius 1 is 0.800 bits per heavy atom. The third-order valence-electron chi connectivity index (χ3n) is 5.33. The van der Waals surface area contributed by atoms with Crippen molar-refractivity contribution in [2.24, 2.45) is 11.8 Å². The van der Waals surface area contributed by atoms with Gasteiger partial charge < -0.3 is 14.2 Å². The van der Waals surface area contributed by atoms with Gasteiger partial charge in [-0.05, 0) is 50.4 Å². The maximum absolute atomic E-state index is 11.3. The molecule has 0 heterocycles. The second kappa shape index (κ2) is 9.18. The maximum Gasteiger partial charge on any atom is 0.330 e. The van der Waals surface area contributed by atoms with E-state index < -0.39 is 0 Å². The van der Waals surface area contributed by atoms with Crippen LogP contribution in [0.3, 0.4) is 0 Å². The summed E-state index contributed by atoms with van der Waals surface area (Å²) < 4.78 is 17.1. The molecule has 0 aromatic carbocycles. The highest BCUT2D eigenvalue weighted by molar-refractivity contribution is 5.81. The van der Waals surface area contributed by atoms with Crippen LogP contribution in [0.2, 0.25) is 0 Å². The molecule has 25 heavy (non-hydrogen) atoms. The summed E-state index contributed by atoms with van der Waals surface area (Å²) in [6, 6.07) is 0. The molecule has 0 aromatic rings. The van der Waals surface area contributed by atoms with E-state index in [9.17, 15) is 9.59 Å². The topological polar surface area (TPSA) is 61.8 Å². The minimum atomic E-state index is -0.349. The Labute approximate surface area is 150 Å². The van der Waals surface area contributed by atoms with Gasteiger partial charge in [0.2, 0.25) is 0 Å². The van der Waals surface area contributed by atoms with Gasteiger partial charge in [-0.3, -0.25) is 0 Å². The van der Waals surface area contributed by atoms with E-state index >= 15 is 0 Å². The third kappa shape index (κ3) is 5.70. The van der Waals surface area contributed by atoms with Crippen LogP contribution in [-0.2, 0) is 23.8 Å². The maximum atomic E-state index is 11.3. The van der Waals surface area contributed by atoms with Crippen LogP contribution in [-0.4, -0.2) is 36.4 Å². The minimum Gasteiger partial charge on any atom is -0.459 e. The summed E-state index contributed by atoms with van der Waals surface area (Å²) in [4.78, 5) is 22.7. The summed E-state index contributed by atoms with van der Waals surface area (Å²) in [5, 5.41) is 0. The van der Waals surface area contributed by atoms with Gasteiger partial charge in [-0.15, -0.1) is 0 Å². The highest BCUT2D eigenvalue weighted by Gasteiger charge is 2.35. The average molecular weight is 350 g/mol. The van der Waals surface area contributed by atoms with Crippen molar-refractivity contribution in [3.8, 4) is 0 Å². The van der Waals surface area contributed by atoms with E-state index in [2.05, 4.69) is 27.0 Å². The van der Waals surface area contributed by atoms with Crippen LogP contribution >= 0.6 is 0 Å². The number of esters is 2. The molecule has 0 spiro atoms. The van der Waals surface area contributed by atoms with Crippen molar-refractivity contribution in [1.29, 1.82) is 0 Å². The Morgan fingerprint density at radius 3 is 1.52 bits per heavy atom. The molecular weight excluding hydrogens is 320 g/mol. The van der Waals surface area contributed by atoms with E-state index in [1.165, 1.54) is 12.2 Å². The van der Waals surface area contributed by atoms with Gasteiger partial charge in [0.25, 0.3) is 0 Å². The van der Waals surface area contributed by atoms with Gasteiger partial charge in [-0.25, -0.2) is 9.59 Å². The number of hydrogen-bond donors (Lipinski definition) is 0. The first kappa shape index (κ1) is 19.7. The summed E-state index contributed by atoms with van der Waals surface area (Å²) in [7, 11) is 0. The summed E-state index contributed by atoms with van der Waals surface area (Å²) in [6.45, 7) is 11.2. The lowest BCUT2D eigenvalue weighted by Gasteiger charge is -2.40. The quantitative estimate of drug-likeness (QED) is 0.541. The number of ether oxygens (including phenoxy) is 3. The van der Waals surface area contributed by atoms with E-state index in [4.69, 9.17) is 14.2 Å². The molecule has 2 aliphatic carbocycles. The Kier molecular flexibility index (Phi) is 7.24. The SMILES string of the molecule is C=CC(=O)OC1CCC(OC2CCC(OC(=O)C=C)CC2C)C(C)C1. The summed E-state index contributed by atoms with van der Waals surface area (Å²) in [6.07, 6.45) is 7.85. The van der Waals surface area contributed by atoms with E-state index in [1.807, 2.05) is 0 Å². The molecule has 6 unspecified atom stereocenters. The molecule has 0 amide bonds. The monoisotopic (exact) mass is 350 g/mol. The molecule has 0 aromatic heterocycles. The Hall–Kier alpha value is -1.62. The van der Waals surface area contributed by atoms with Crippen molar-refractivity contribution >= 4 is 11.9 Å². The van der Waals surface area contributed by atoms with Crippen molar-refractivity contribution in [2.75, 3.05) is 0 Å². The highest BCUT2D eigenvalue weighted by Crippen LogP contribution is 2.35. The predicted octanol–water partition coefficient (Wildman–Crippen LogP) is 3.58. The van der Waals surface area contributed by atoms with Gasteiger partial charge in [0.05, 0.1) is 12.2 Å². The van der Waals surface area contributed by atoms with Gasteiger partial charge in [-0.1, -0.05) is 27.0 Å². The third-order valence-corrected chi connectivity index (χ3v) is 5.33. The number of carbonyl (C=O) groups excluding carboxylic acids is 2. The summed E-state index contributed by atoms with van der Waals surface area (Å²) in [5.74, 6) is -0.00469. The Balaban J connectivity index is 1.79. The Bertz CT molecular complexity index is 456. The Morgan fingerprint density at radius 2 is 1.20 bits per heavy atom. The first-order valence-electron chi connectivity index (χ1n) is 9.24. The fourth-order valence-corrected chi connectivity index (χ4v) is 3.91. The predicted molar refractivity (Wildman–Crippen MR) is 94.8 cm³/mol. The molecule has 0 bridgehead atoms. The van der Waals surface area contributed by atoms with E-state index in [1.54, 1.807) is 0 Å². The average Bonchev–Trinajstić information content (AvgIpc) is 2.59. The van der Waals surface area contributed by atoms with Crippen LogP contribution in [0.25, 0.3) is 0 Å². The molecule has 2 fully saturated rings. The smallest absolute Gasteiger partial charge is 0.330 e. The van der Waals surface area contributed by atoms with Crippen LogP contribution in [0.1, 0.15) is 52.4 Å². The lowest BCUT2D eigenvalue weighted by molar-refractivity contribution is -0.155. The molecule has 5 heteroatoms. The van der Waals surface area contributed by atoms with Gasteiger partial charge in [0.1, 0.15) is 12.2 Å². The van der Waals surface area contributed by atoms with Gasteiger partial charge in [0, 0.05) is 12.2 Å². The fraction of sp³-hybridized carbons (Fsp3) is 0.700. The van der Waals surface area contributed by atoms with Crippen molar-refractivity contribution in [3.63, 3.8) is 0 Å². The highest BCUT2D eigenvalue weighted by atomic mass is 16.5. The van der Waals surface area contributed by atoms with Gasteiger partial charge >= 0.3 is 11.9 Å². The molecule has 0 radical (unpaired) electrons.